The largest absolute Gasteiger partial charge is 0.490 e. The van der Waals surface area contributed by atoms with Crippen LogP contribution >= 0.6 is 0 Å². The Morgan fingerprint density at radius 1 is 1.00 bits per heavy atom. The molecule has 2 aromatic carbocycles. The fourth-order valence-corrected chi connectivity index (χ4v) is 1.63. The third kappa shape index (κ3) is 3.92. The molecule has 1 N–H and O–H groups in total. The minimum absolute atomic E-state index is 0.0696. The van der Waals surface area contributed by atoms with Gasteiger partial charge in [0.25, 0.3) is 0 Å². The van der Waals surface area contributed by atoms with Gasteiger partial charge in [-0.3, -0.25) is 0 Å². The van der Waals surface area contributed by atoms with Crippen molar-refractivity contribution in [1.29, 1.82) is 0 Å². The number of hydrogen-bond donors (Lipinski definition) is 1. The quantitative estimate of drug-likeness (QED) is 0.832. The van der Waals surface area contributed by atoms with E-state index in [0.717, 1.165) is 12.1 Å². The van der Waals surface area contributed by atoms with Gasteiger partial charge in [0.1, 0.15) is 24.8 Å². The zero-order valence-corrected chi connectivity index (χ0v) is 10.9. The van der Waals surface area contributed by atoms with Gasteiger partial charge in [0.15, 0.2) is 11.6 Å². The number of aromatic carboxylic acids is 1. The maximum atomic E-state index is 13.4. The van der Waals surface area contributed by atoms with Crippen LogP contribution in [0.3, 0.4) is 0 Å². The first-order chi connectivity index (χ1) is 10.1. The van der Waals surface area contributed by atoms with Crippen LogP contribution in [-0.2, 0) is 0 Å². The van der Waals surface area contributed by atoms with Crippen LogP contribution in [0.4, 0.5) is 8.78 Å². The Hall–Kier alpha value is -2.63. The summed E-state index contributed by atoms with van der Waals surface area (Å²) in [4.78, 5) is 10.6. The topological polar surface area (TPSA) is 55.8 Å². The molecule has 4 nitrogen and oxygen atoms in total. The van der Waals surface area contributed by atoms with E-state index >= 15 is 0 Å². The molecule has 0 spiro atoms. The molecule has 2 aromatic rings. The molecule has 0 bridgehead atoms. The average molecular weight is 294 g/mol. The highest BCUT2D eigenvalue weighted by Crippen LogP contribution is 2.17. The van der Waals surface area contributed by atoms with Crippen LogP contribution in [0.1, 0.15) is 10.4 Å². The van der Waals surface area contributed by atoms with Gasteiger partial charge in [-0.1, -0.05) is 12.1 Å². The van der Waals surface area contributed by atoms with Crippen LogP contribution in [0.5, 0.6) is 11.5 Å². The lowest BCUT2D eigenvalue weighted by molar-refractivity contribution is 0.0691. The predicted octanol–water partition coefficient (Wildman–Crippen LogP) is 3.12. The Balaban J connectivity index is 1.85. The van der Waals surface area contributed by atoms with Crippen LogP contribution in [-0.4, -0.2) is 24.3 Å². The van der Waals surface area contributed by atoms with Gasteiger partial charge < -0.3 is 14.6 Å². The summed E-state index contributed by atoms with van der Waals surface area (Å²) in [6.07, 6.45) is 0. The first-order valence-electron chi connectivity index (χ1n) is 6.11. The molecule has 2 rings (SSSR count). The van der Waals surface area contributed by atoms with E-state index in [9.17, 15) is 13.6 Å². The fourth-order valence-electron chi connectivity index (χ4n) is 1.63. The van der Waals surface area contributed by atoms with Gasteiger partial charge in [-0.25, -0.2) is 13.6 Å². The maximum absolute atomic E-state index is 13.4. The van der Waals surface area contributed by atoms with E-state index in [4.69, 9.17) is 14.6 Å². The summed E-state index contributed by atoms with van der Waals surface area (Å²) < 4.78 is 37.0. The number of hydrogen-bond acceptors (Lipinski definition) is 3. The molecular formula is C15H12F2O4. The number of ether oxygens (including phenoxy) is 2. The van der Waals surface area contributed by atoms with E-state index in [1.54, 1.807) is 12.1 Å². The molecule has 0 radical (unpaired) electrons. The van der Waals surface area contributed by atoms with Gasteiger partial charge in [-0.2, -0.15) is 0 Å². The minimum Gasteiger partial charge on any atom is -0.490 e. The lowest BCUT2D eigenvalue weighted by atomic mass is 10.2. The highest BCUT2D eigenvalue weighted by atomic mass is 19.1. The Morgan fingerprint density at radius 2 is 1.71 bits per heavy atom. The van der Waals surface area contributed by atoms with Crippen molar-refractivity contribution in [3.05, 3.63) is 59.7 Å². The number of carbonyl (C=O) groups is 1. The molecule has 0 aliphatic carbocycles. The molecule has 0 aliphatic heterocycles. The van der Waals surface area contributed by atoms with Crippen molar-refractivity contribution in [2.75, 3.05) is 13.2 Å². The number of carboxylic acids is 1. The van der Waals surface area contributed by atoms with Crippen molar-refractivity contribution >= 4 is 5.97 Å². The van der Waals surface area contributed by atoms with E-state index in [2.05, 4.69) is 0 Å². The van der Waals surface area contributed by atoms with E-state index in [1.807, 2.05) is 0 Å². The standard InChI is InChI=1S/C15H12F2O4/c16-12-3-1-2-4-14(12)21-8-7-20-10-5-6-11(15(18)19)13(17)9-10/h1-6,9H,7-8H2,(H,18,19). The molecule has 0 atom stereocenters. The predicted molar refractivity (Wildman–Crippen MR) is 70.7 cm³/mol. The van der Waals surface area contributed by atoms with E-state index in [-0.39, 0.29) is 24.7 Å². The van der Waals surface area contributed by atoms with Gasteiger partial charge in [0.05, 0.1) is 5.56 Å². The highest BCUT2D eigenvalue weighted by molar-refractivity contribution is 5.88. The molecule has 0 saturated carbocycles. The SMILES string of the molecule is O=C(O)c1ccc(OCCOc2ccccc2F)cc1F. The number of rotatable bonds is 6. The van der Waals surface area contributed by atoms with Crippen molar-refractivity contribution in [3.8, 4) is 11.5 Å². The zero-order chi connectivity index (χ0) is 15.2. The highest BCUT2D eigenvalue weighted by Gasteiger charge is 2.10. The molecule has 0 fully saturated rings. The first-order valence-corrected chi connectivity index (χ1v) is 6.11. The van der Waals surface area contributed by atoms with Gasteiger partial charge in [0.2, 0.25) is 0 Å². The van der Waals surface area contributed by atoms with Crippen LogP contribution in [0.15, 0.2) is 42.5 Å². The normalized spacial score (nSPS) is 10.2. The molecule has 0 aliphatic rings. The lowest BCUT2D eigenvalue weighted by Gasteiger charge is -2.09. The van der Waals surface area contributed by atoms with Gasteiger partial charge in [0, 0.05) is 6.07 Å². The third-order valence-electron chi connectivity index (χ3n) is 2.62. The second-order valence-corrected chi connectivity index (χ2v) is 4.07. The van der Waals surface area contributed by atoms with Crippen molar-refractivity contribution in [2.45, 2.75) is 0 Å². The Bertz CT molecular complexity index is 643. The van der Waals surface area contributed by atoms with E-state index in [0.29, 0.717) is 0 Å². The summed E-state index contributed by atoms with van der Waals surface area (Å²) >= 11 is 0. The second kappa shape index (κ2) is 6.69. The molecular weight excluding hydrogens is 282 g/mol. The summed E-state index contributed by atoms with van der Waals surface area (Å²) in [5.74, 6) is -2.42. The Kier molecular flexibility index (Phi) is 4.71. The molecule has 110 valence electrons. The van der Waals surface area contributed by atoms with Crippen molar-refractivity contribution in [3.63, 3.8) is 0 Å². The van der Waals surface area contributed by atoms with Crippen LogP contribution < -0.4 is 9.47 Å². The number of carboxylic acid groups (broad SMARTS) is 1. The summed E-state index contributed by atoms with van der Waals surface area (Å²) in [7, 11) is 0. The summed E-state index contributed by atoms with van der Waals surface area (Å²) in [5, 5.41) is 8.69. The molecule has 6 heteroatoms. The van der Waals surface area contributed by atoms with Crippen LogP contribution in [0.2, 0.25) is 0 Å². The minimum atomic E-state index is -1.35. The summed E-state index contributed by atoms with van der Waals surface area (Å²) in [5.41, 5.74) is -0.426. The van der Waals surface area contributed by atoms with Gasteiger partial charge >= 0.3 is 5.97 Å². The van der Waals surface area contributed by atoms with Gasteiger partial charge in [-0.05, 0) is 24.3 Å². The number of para-hydroxylation sites is 1. The third-order valence-corrected chi connectivity index (χ3v) is 2.62. The van der Waals surface area contributed by atoms with Crippen LogP contribution in [0, 0.1) is 11.6 Å². The molecule has 0 aromatic heterocycles. The molecule has 0 saturated heterocycles. The lowest BCUT2D eigenvalue weighted by Crippen LogP contribution is -2.10. The summed E-state index contributed by atoms with van der Waals surface area (Å²) in [6.45, 7) is 0.142. The van der Waals surface area contributed by atoms with E-state index < -0.39 is 23.2 Å². The van der Waals surface area contributed by atoms with Crippen molar-refractivity contribution < 1.29 is 28.2 Å². The Morgan fingerprint density at radius 3 is 2.38 bits per heavy atom. The smallest absolute Gasteiger partial charge is 0.338 e. The zero-order valence-electron chi connectivity index (χ0n) is 10.9. The number of benzene rings is 2. The molecule has 0 heterocycles. The Labute approximate surface area is 119 Å². The average Bonchev–Trinajstić information content (AvgIpc) is 2.45. The summed E-state index contributed by atoms with van der Waals surface area (Å²) in [6, 6.07) is 9.38. The first kappa shape index (κ1) is 14.8. The second-order valence-electron chi connectivity index (χ2n) is 4.07. The van der Waals surface area contributed by atoms with Crippen molar-refractivity contribution in [1.82, 2.24) is 0 Å². The fraction of sp³-hybridized carbons (Fsp3) is 0.133. The molecule has 0 amide bonds. The maximum Gasteiger partial charge on any atom is 0.338 e. The van der Waals surface area contributed by atoms with Crippen LogP contribution in [0.25, 0.3) is 0 Å². The molecule has 0 unspecified atom stereocenters. The molecule has 21 heavy (non-hydrogen) atoms. The van der Waals surface area contributed by atoms with Gasteiger partial charge in [-0.15, -0.1) is 0 Å². The number of halogens is 2. The van der Waals surface area contributed by atoms with Crippen molar-refractivity contribution in [2.24, 2.45) is 0 Å². The monoisotopic (exact) mass is 294 g/mol. The van der Waals surface area contributed by atoms with E-state index in [1.165, 1.54) is 18.2 Å².